The lowest BCUT2D eigenvalue weighted by Crippen LogP contribution is -2.57. The highest BCUT2D eigenvalue weighted by Crippen LogP contribution is 2.45. The third-order valence-corrected chi connectivity index (χ3v) is 9.82. The largest absolute Gasteiger partial charge is 0.457 e. The highest BCUT2D eigenvalue weighted by atomic mass is 16.5. The third kappa shape index (κ3) is 6.28. The van der Waals surface area contributed by atoms with Gasteiger partial charge in [0.2, 0.25) is 5.91 Å². The van der Waals surface area contributed by atoms with E-state index in [0.717, 1.165) is 56.4 Å². The van der Waals surface area contributed by atoms with E-state index >= 15 is 0 Å². The quantitative estimate of drug-likeness (QED) is 0.428. The van der Waals surface area contributed by atoms with E-state index in [0.29, 0.717) is 37.1 Å². The Morgan fingerprint density at radius 1 is 0.833 bits per heavy atom. The number of ether oxygens (including phenoxy) is 1. The molecule has 2 saturated heterocycles. The first-order valence-corrected chi connectivity index (χ1v) is 16.2. The molecule has 3 aliphatic heterocycles. The molecule has 4 aliphatic rings. The van der Waals surface area contributed by atoms with Gasteiger partial charge in [-0.2, -0.15) is 0 Å². The van der Waals surface area contributed by atoms with Gasteiger partial charge in [-0.1, -0.05) is 60.9 Å². The van der Waals surface area contributed by atoms with Gasteiger partial charge in [-0.25, -0.2) is 4.79 Å². The Labute approximate surface area is 250 Å². The number of carbonyl (C=O) groups is 2. The summed E-state index contributed by atoms with van der Waals surface area (Å²) in [7, 11) is 0. The predicted octanol–water partition coefficient (Wildman–Crippen LogP) is 6.29. The number of allylic oxidation sites excluding steroid dienone is 1. The van der Waals surface area contributed by atoms with Gasteiger partial charge in [-0.05, 0) is 76.0 Å². The number of fused-ring (bicyclic) bond motifs is 2. The number of hydrogen-bond donors (Lipinski definition) is 1. The lowest BCUT2D eigenvalue weighted by atomic mass is 9.86. The van der Waals surface area contributed by atoms with Crippen LogP contribution in [-0.4, -0.2) is 71.9 Å². The Balaban J connectivity index is 1.25. The van der Waals surface area contributed by atoms with Crippen molar-refractivity contribution in [3.8, 4) is 11.5 Å². The summed E-state index contributed by atoms with van der Waals surface area (Å²) in [5, 5.41) is 0. The van der Waals surface area contributed by atoms with Gasteiger partial charge in [0.05, 0.1) is 5.92 Å². The summed E-state index contributed by atoms with van der Waals surface area (Å²) >= 11 is 0. The zero-order chi connectivity index (χ0) is 28.9. The highest BCUT2D eigenvalue weighted by Gasteiger charge is 2.42. The molecule has 6 rings (SSSR count). The van der Waals surface area contributed by atoms with Gasteiger partial charge >= 0.3 is 6.03 Å². The first-order chi connectivity index (χ1) is 20.6. The van der Waals surface area contributed by atoms with Crippen LogP contribution in [0.3, 0.4) is 0 Å². The van der Waals surface area contributed by atoms with Crippen LogP contribution in [0.2, 0.25) is 0 Å². The zero-order valence-corrected chi connectivity index (χ0v) is 24.9. The second-order valence-corrected chi connectivity index (χ2v) is 12.6. The highest BCUT2D eigenvalue weighted by molar-refractivity contribution is 6.01. The minimum Gasteiger partial charge on any atom is -0.457 e. The summed E-state index contributed by atoms with van der Waals surface area (Å²) in [6, 6.07) is 15.3. The molecule has 0 saturated carbocycles. The first kappa shape index (κ1) is 28.9. The molecule has 3 heterocycles. The molecule has 0 atom stereocenters. The Bertz CT molecular complexity index is 1230. The molecule has 42 heavy (non-hydrogen) atoms. The van der Waals surface area contributed by atoms with Gasteiger partial charge in [-0.3, -0.25) is 14.6 Å². The van der Waals surface area contributed by atoms with Gasteiger partial charge in [0.15, 0.2) is 0 Å². The molecule has 7 heteroatoms. The SMILES string of the molecule is NCC1CCN(C(=O)N(C(=O)C2c3ccccc3Oc3ccccc32)C2CCN(C/C3=C/CCCCCC3)CC2)CC1. The number of carbonyl (C=O) groups excluding carboxylic acids is 2. The Morgan fingerprint density at radius 2 is 1.48 bits per heavy atom. The van der Waals surface area contributed by atoms with Crippen LogP contribution in [0.1, 0.15) is 81.3 Å². The summed E-state index contributed by atoms with van der Waals surface area (Å²) in [5.41, 5.74) is 9.17. The van der Waals surface area contributed by atoms with Crippen LogP contribution in [0.4, 0.5) is 4.79 Å². The standard InChI is InChI=1S/C35H46N4O3/c36-24-26-16-22-38(23-17-26)35(41)39(28-18-20-37(21-19-28)25-27-10-4-2-1-3-5-11-27)34(40)33-29-12-6-8-14-31(29)42-32-15-9-7-13-30(32)33/h6-10,12-15,26,28,33H,1-5,11,16-25,36H2/b27-10+. The number of para-hydroxylation sites is 2. The van der Waals surface area contributed by atoms with E-state index in [1.54, 1.807) is 10.5 Å². The second-order valence-electron chi connectivity index (χ2n) is 12.6. The topological polar surface area (TPSA) is 79.1 Å². The number of rotatable bonds is 5. The van der Waals surface area contributed by atoms with Crippen LogP contribution in [0, 0.1) is 5.92 Å². The summed E-state index contributed by atoms with van der Waals surface area (Å²) in [6.07, 6.45) is 13.5. The normalized spacial score (nSPS) is 22.1. The predicted molar refractivity (Wildman–Crippen MR) is 166 cm³/mol. The van der Waals surface area contributed by atoms with E-state index in [1.165, 1.54) is 38.5 Å². The molecule has 2 aromatic carbocycles. The molecule has 0 bridgehead atoms. The maximum Gasteiger partial charge on any atom is 0.326 e. The number of urea groups is 1. The number of piperidine rings is 2. The van der Waals surface area contributed by atoms with Gasteiger partial charge in [0.1, 0.15) is 11.5 Å². The Morgan fingerprint density at radius 3 is 2.14 bits per heavy atom. The number of likely N-dealkylation sites (tertiary alicyclic amines) is 2. The summed E-state index contributed by atoms with van der Waals surface area (Å²) in [6.45, 7) is 4.76. The van der Waals surface area contributed by atoms with Crippen molar-refractivity contribution in [3.05, 3.63) is 71.3 Å². The summed E-state index contributed by atoms with van der Waals surface area (Å²) < 4.78 is 6.20. The van der Waals surface area contributed by atoms with Crippen LogP contribution in [0.25, 0.3) is 0 Å². The molecular formula is C35H46N4O3. The zero-order valence-electron chi connectivity index (χ0n) is 24.9. The number of hydrogen-bond acceptors (Lipinski definition) is 5. The van der Waals surface area contributed by atoms with Crippen molar-refractivity contribution >= 4 is 11.9 Å². The van der Waals surface area contributed by atoms with Crippen LogP contribution in [0.5, 0.6) is 11.5 Å². The van der Waals surface area contributed by atoms with Crippen LogP contribution >= 0.6 is 0 Å². The van der Waals surface area contributed by atoms with Crippen LogP contribution in [-0.2, 0) is 4.79 Å². The lowest BCUT2D eigenvalue weighted by molar-refractivity contribution is -0.132. The maximum atomic E-state index is 14.8. The first-order valence-electron chi connectivity index (χ1n) is 16.2. The molecule has 0 unspecified atom stereocenters. The lowest BCUT2D eigenvalue weighted by Gasteiger charge is -2.42. The molecule has 2 fully saturated rings. The van der Waals surface area contributed by atoms with Crippen LogP contribution < -0.4 is 10.5 Å². The van der Waals surface area contributed by atoms with Crippen molar-refractivity contribution in [1.82, 2.24) is 14.7 Å². The number of nitrogens with two attached hydrogens (primary N) is 1. The average molecular weight is 571 g/mol. The molecule has 2 N–H and O–H groups in total. The molecular weight excluding hydrogens is 524 g/mol. The maximum absolute atomic E-state index is 14.8. The van der Waals surface area contributed by atoms with Gasteiger partial charge < -0.3 is 15.4 Å². The fourth-order valence-corrected chi connectivity index (χ4v) is 7.28. The monoisotopic (exact) mass is 570 g/mol. The van der Waals surface area contributed by atoms with Crippen molar-refractivity contribution in [2.75, 3.05) is 39.3 Å². The van der Waals surface area contributed by atoms with Crippen molar-refractivity contribution in [2.24, 2.45) is 11.7 Å². The molecule has 1 aliphatic carbocycles. The van der Waals surface area contributed by atoms with Crippen molar-refractivity contribution in [3.63, 3.8) is 0 Å². The average Bonchev–Trinajstić information content (AvgIpc) is 3.02. The van der Waals surface area contributed by atoms with E-state index < -0.39 is 5.92 Å². The van der Waals surface area contributed by atoms with Gasteiger partial charge in [-0.15, -0.1) is 0 Å². The van der Waals surface area contributed by atoms with Crippen molar-refractivity contribution in [1.29, 1.82) is 0 Å². The number of amides is 3. The van der Waals surface area contributed by atoms with E-state index in [2.05, 4.69) is 11.0 Å². The third-order valence-electron chi connectivity index (χ3n) is 9.82. The van der Waals surface area contributed by atoms with E-state index in [9.17, 15) is 9.59 Å². The summed E-state index contributed by atoms with van der Waals surface area (Å²) in [4.78, 5) is 35.2. The molecule has 224 valence electrons. The van der Waals surface area contributed by atoms with Crippen molar-refractivity contribution < 1.29 is 14.3 Å². The molecule has 0 radical (unpaired) electrons. The fraction of sp³-hybridized carbons (Fsp3) is 0.543. The number of imide groups is 1. The fourth-order valence-electron chi connectivity index (χ4n) is 7.28. The smallest absolute Gasteiger partial charge is 0.326 e. The Hall–Kier alpha value is -3.16. The van der Waals surface area contributed by atoms with E-state index in [1.807, 2.05) is 53.4 Å². The van der Waals surface area contributed by atoms with E-state index in [4.69, 9.17) is 10.5 Å². The van der Waals surface area contributed by atoms with Crippen LogP contribution in [0.15, 0.2) is 60.2 Å². The molecule has 7 nitrogen and oxygen atoms in total. The van der Waals surface area contributed by atoms with Crippen molar-refractivity contribution in [2.45, 2.75) is 76.2 Å². The molecule has 3 amide bonds. The van der Waals surface area contributed by atoms with Gasteiger partial charge in [0, 0.05) is 49.9 Å². The summed E-state index contributed by atoms with van der Waals surface area (Å²) in [5.74, 6) is 1.11. The molecule has 2 aromatic rings. The Kier molecular flexibility index (Phi) is 9.25. The number of nitrogens with zero attached hydrogens (tertiary/aromatic N) is 3. The number of benzene rings is 2. The minimum atomic E-state index is -0.574. The second kappa shape index (κ2) is 13.4. The molecule has 0 spiro atoms. The van der Waals surface area contributed by atoms with Gasteiger partial charge in [0.25, 0.3) is 0 Å². The molecule has 0 aromatic heterocycles. The van der Waals surface area contributed by atoms with E-state index in [-0.39, 0.29) is 18.0 Å². The minimum absolute atomic E-state index is 0.123.